The fourth-order valence-electron chi connectivity index (χ4n) is 8.78. The Morgan fingerprint density at radius 3 is 1.42 bits per heavy atom. The molecule has 1 heteroatoms. The first kappa shape index (κ1) is 25.9. The van der Waals surface area contributed by atoms with Crippen LogP contribution >= 0.6 is 0 Å². The second-order valence-corrected chi connectivity index (χ2v) is 13.2. The van der Waals surface area contributed by atoms with Crippen LogP contribution in [-0.4, -0.2) is 0 Å². The van der Waals surface area contributed by atoms with E-state index in [1.165, 1.54) is 77.5 Å². The van der Waals surface area contributed by atoms with E-state index in [0.717, 1.165) is 21.9 Å². The van der Waals surface area contributed by atoms with Gasteiger partial charge in [-0.2, -0.15) is 0 Å². The highest BCUT2D eigenvalue weighted by Crippen LogP contribution is 2.63. The van der Waals surface area contributed by atoms with Gasteiger partial charge >= 0.3 is 0 Å². The summed E-state index contributed by atoms with van der Waals surface area (Å²) in [4.78, 5) is 0. The normalized spacial score (nSPS) is 13.6. The number of benzene rings is 8. The van der Waals surface area contributed by atoms with Crippen LogP contribution in [-0.2, 0) is 5.41 Å². The van der Waals surface area contributed by atoms with Crippen LogP contribution in [0.2, 0.25) is 0 Å². The van der Waals surface area contributed by atoms with Crippen molar-refractivity contribution in [1.29, 1.82) is 0 Å². The molecule has 0 fully saturated rings. The number of para-hydroxylation sites is 1. The summed E-state index contributed by atoms with van der Waals surface area (Å²) in [5.41, 5.74) is 17.2. The molecule has 1 heterocycles. The van der Waals surface area contributed by atoms with E-state index in [1.807, 2.05) is 12.1 Å². The summed E-state index contributed by atoms with van der Waals surface area (Å²) in [7, 11) is 0. The van der Waals surface area contributed by atoms with Gasteiger partial charge in [-0.1, -0.05) is 133 Å². The van der Waals surface area contributed by atoms with Gasteiger partial charge in [-0.15, -0.1) is 0 Å². The third kappa shape index (κ3) is 3.35. The van der Waals surface area contributed by atoms with Crippen LogP contribution in [0.3, 0.4) is 0 Å². The number of hydrogen-bond acceptors (Lipinski definition) is 1. The Labute approximate surface area is 278 Å². The largest absolute Gasteiger partial charge is 0.456 e. The minimum absolute atomic E-state index is 0.331. The van der Waals surface area contributed by atoms with E-state index in [1.54, 1.807) is 0 Å². The third-order valence-electron chi connectivity index (χ3n) is 10.9. The lowest BCUT2D eigenvalue weighted by atomic mass is 9.70. The lowest BCUT2D eigenvalue weighted by Gasteiger charge is -2.30. The Morgan fingerprint density at radius 1 is 0.312 bits per heavy atom. The molecule has 0 saturated carbocycles. The van der Waals surface area contributed by atoms with Crippen molar-refractivity contribution >= 4 is 32.7 Å². The first-order valence-electron chi connectivity index (χ1n) is 16.7. The second-order valence-electron chi connectivity index (χ2n) is 13.2. The first-order chi connectivity index (χ1) is 23.8. The van der Waals surface area contributed by atoms with Crippen molar-refractivity contribution in [3.8, 4) is 44.5 Å². The molecule has 222 valence electrons. The molecule has 0 unspecified atom stereocenters. The van der Waals surface area contributed by atoms with Gasteiger partial charge in [0.2, 0.25) is 0 Å². The Kier molecular flexibility index (Phi) is 5.10. The number of fused-ring (bicyclic) bond motifs is 14. The molecule has 0 radical (unpaired) electrons. The van der Waals surface area contributed by atoms with Crippen molar-refractivity contribution in [3.05, 3.63) is 192 Å². The smallest absolute Gasteiger partial charge is 0.135 e. The van der Waals surface area contributed by atoms with E-state index in [-0.39, 0.29) is 5.41 Å². The summed E-state index contributed by atoms with van der Waals surface area (Å²) in [6.07, 6.45) is 0. The van der Waals surface area contributed by atoms with Crippen LogP contribution in [0.5, 0.6) is 0 Å². The van der Waals surface area contributed by atoms with Gasteiger partial charge in [-0.25, -0.2) is 0 Å². The van der Waals surface area contributed by atoms with Gasteiger partial charge in [0, 0.05) is 10.8 Å². The minimum Gasteiger partial charge on any atom is -0.456 e. The summed E-state index contributed by atoms with van der Waals surface area (Å²) in [5, 5.41) is 4.78. The SMILES string of the molecule is c1ccc2c(c1)-c1ccccc1C21c2ccccc2-c2ccc(-c3ccc4cc(-c5ccc6oc7ccccc7c6c5)ccc4c3)cc21. The van der Waals surface area contributed by atoms with Crippen molar-refractivity contribution in [2.75, 3.05) is 0 Å². The maximum Gasteiger partial charge on any atom is 0.135 e. The van der Waals surface area contributed by atoms with E-state index < -0.39 is 0 Å². The van der Waals surface area contributed by atoms with E-state index in [9.17, 15) is 0 Å². The Bertz CT molecular complexity index is 2730. The average Bonchev–Trinajstić information content (AvgIpc) is 3.78. The Hall–Kier alpha value is -6.18. The summed E-state index contributed by atoms with van der Waals surface area (Å²) < 4.78 is 6.08. The monoisotopic (exact) mass is 608 g/mol. The molecule has 0 saturated heterocycles. The molecular weight excluding hydrogens is 581 g/mol. The van der Waals surface area contributed by atoms with Gasteiger partial charge in [0.25, 0.3) is 0 Å². The molecular formula is C47H28O. The van der Waals surface area contributed by atoms with Crippen molar-refractivity contribution in [2.24, 2.45) is 0 Å². The van der Waals surface area contributed by atoms with Crippen molar-refractivity contribution < 1.29 is 4.42 Å². The maximum absolute atomic E-state index is 6.08. The predicted octanol–water partition coefficient (Wildman–Crippen LogP) is 12.4. The van der Waals surface area contributed by atoms with Gasteiger partial charge in [-0.3, -0.25) is 0 Å². The van der Waals surface area contributed by atoms with Crippen LogP contribution in [0, 0.1) is 0 Å². The summed E-state index contributed by atoms with van der Waals surface area (Å²) in [6.45, 7) is 0. The highest BCUT2D eigenvalue weighted by atomic mass is 16.3. The molecule has 1 aromatic heterocycles. The molecule has 2 aliphatic carbocycles. The number of furan rings is 1. The lowest BCUT2D eigenvalue weighted by Crippen LogP contribution is -2.25. The quantitative estimate of drug-likeness (QED) is 0.190. The molecule has 48 heavy (non-hydrogen) atoms. The third-order valence-corrected chi connectivity index (χ3v) is 10.9. The minimum atomic E-state index is -0.331. The summed E-state index contributed by atoms with van der Waals surface area (Å²) in [6, 6.07) is 62.7. The zero-order valence-electron chi connectivity index (χ0n) is 26.1. The molecule has 9 aromatic rings. The highest BCUT2D eigenvalue weighted by Gasteiger charge is 2.51. The summed E-state index contributed by atoms with van der Waals surface area (Å²) in [5.74, 6) is 0. The fraction of sp³-hybridized carbons (Fsp3) is 0.0213. The molecule has 8 aromatic carbocycles. The van der Waals surface area contributed by atoms with E-state index in [0.29, 0.717) is 0 Å². The molecule has 0 N–H and O–H groups in total. The van der Waals surface area contributed by atoms with Crippen molar-refractivity contribution in [3.63, 3.8) is 0 Å². The fourth-order valence-corrected chi connectivity index (χ4v) is 8.78. The van der Waals surface area contributed by atoms with Crippen molar-refractivity contribution in [2.45, 2.75) is 5.41 Å². The van der Waals surface area contributed by atoms with E-state index >= 15 is 0 Å². The molecule has 1 nitrogen and oxygen atoms in total. The molecule has 0 atom stereocenters. The first-order valence-corrected chi connectivity index (χ1v) is 16.7. The second kappa shape index (κ2) is 9.44. The lowest BCUT2D eigenvalue weighted by molar-refractivity contribution is 0.669. The van der Waals surface area contributed by atoms with E-state index in [4.69, 9.17) is 4.42 Å². The molecule has 11 rings (SSSR count). The van der Waals surface area contributed by atoms with E-state index in [2.05, 4.69) is 158 Å². The number of rotatable bonds is 2. The molecule has 0 bridgehead atoms. The molecule has 1 spiro atoms. The van der Waals surface area contributed by atoms with Crippen LogP contribution in [0.25, 0.3) is 77.2 Å². The standard InChI is InChI=1S/C47H28O/c1-5-13-41-35(9-1)36-10-2-6-14-42(36)47(41)43-15-7-3-11-37(43)38-23-21-34(28-44(38)47)32-20-18-29-25-31(19-17-30(29)26-32)33-22-24-46-40(27-33)39-12-4-8-16-45(39)48-46/h1-28H. The van der Waals surface area contributed by atoms with Gasteiger partial charge < -0.3 is 4.42 Å². The van der Waals surface area contributed by atoms with Crippen LogP contribution < -0.4 is 0 Å². The Balaban J connectivity index is 1.05. The zero-order chi connectivity index (χ0) is 31.4. The zero-order valence-corrected chi connectivity index (χ0v) is 26.1. The van der Waals surface area contributed by atoms with Crippen LogP contribution in [0.15, 0.2) is 174 Å². The molecule has 2 aliphatic rings. The van der Waals surface area contributed by atoms with Gasteiger partial charge in [0.05, 0.1) is 5.41 Å². The predicted molar refractivity (Wildman–Crippen MR) is 198 cm³/mol. The van der Waals surface area contributed by atoms with Gasteiger partial charge in [0.15, 0.2) is 0 Å². The van der Waals surface area contributed by atoms with Crippen molar-refractivity contribution in [1.82, 2.24) is 0 Å². The topological polar surface area (TPSA) is 13.1 Å². The van der Waals surface area contributed by atoms with Gasteiger partial charge in [-0.05, 0) is 114 Å². The van der Waals surface area contributed by atoms with Gasteiger partial charge in [0.1, 0.15) is 11.2 Å². The molecule has 0 amide bonds. The highest BCUT2D eigenvalue weighted by molar-refractivity contribution is 6.06. The number of hydrogen-bond donors (Lipinski definition) is 0. The summed E-state index contributed by atoms with van der Waals surface area (Å²) >= 11 is 0. The van der Waals surface area contributed by atoms with Crippen LogP contribution in [0.4, 0.5) is 0 Å². The average molecular weight is 609 g/mol. The Morgan fingerprint density at radius 2 is 0.771 bits per heavy atom. The maximum atomic E-state index is 6.08. The van der Waals surface area contributed by atoms with Crippen LogP contribution in [0.1, 0.15) is 22.3 Å². The molecule has 0 aliphatic heterocycles.